The lowest BCUT2D eigenvalue weighted by Gasteiger charge is -2.01. The van der Waals surface area contributed by atoms with E-state index < -0.39 is 0 Å². The minimum absolute atomic E-state index is 0.218. The van der Waals surface area contributed by atoms with Crippen molar-refractivity contribution in [2.45, 2.75) is 0 Å². The Labute approximate surface area is 90.9 Å². The Morgan fingerprint density at radius 3 is 3.07 bits per heavy atom. The topological polar surface area (TPSA) is 90.8 Å². The Bertz CT molecular complexity index is 385. The van der Waals surface area contributed by atoms with Gasteiger partial charge in [-0.25, -0.2) is 4.98 Å². The van der Waals surface area contributed by atoms with Crippen LogP contribution in [-0.2, 0) is 0 Å². The molecule has 0 fully saturated rings. The molecular formula is C8H8ClN5O. The number of aromatic nitrogens is 1. The van der Waals surface area contributed by atoms with E-state index in [2.05, 4.69) is 20.3 Å². The van der Waals surface area contributed by atoms with Crippen LogP contribution in [0.1, 0.15) is 10.5 Å². The number of carbonyl (C=O) groups excluding carboxylic acids is 1. The van der Waals surface area contributed by atoms with Gasteiger partial charge >= 0.3 is 0 Å². The van der Waals surface area contributed by atoms with Crippen LogP contribution in [0, 0.1) is 0 Å². The molecule has 0 radical (unpaired) electrons. The first-order chi connectivity index (χ1) is 7.24. The number of hydrogen-bond donors (Lipinski definition) is 1. The molecule has 0 saturated heterocycles. The van der Waals surface area contributed by atoms with Gasteiger partial charge < -0.3 is 5.32 Å². The molecule has 1 rings (SSSR count). The molecule has 1 aromatic heterocycles. The number of nitrogens with zero attached hydrogens (tertiary/aromatic N) is 4. The summed E-state index contributed by atoms with van der Waals surface area (Å²) in [6, 6.07) is 3.10. The minimum atomic E-state index is -0.320. The second kappa shape index (κ2) is 5.85. The number of pyridine rings is 1. The fourth-order valence-electron chi connectivity index (χ4n) is 0.865. The summed E-state index contributed by atoms with van der Waals surface area (Å²) >= 11 is 5.61. The minimum Gasteiger partial charge on any atom is -0.351 e. The zero-order chi connectivity index (χ0) is 11.1. The lowest BCUT2D eigenvalue weighted by Crippen LogP contribution is -2.26. The highest BCUT2D eigenvalue weighted by Gasteiger charge is 2.04. The number of rotatable bonds is 4. The Hall–Kier alpha value is -1.78. The Morgan fingerprint density at radius 2 is 2.47 bits per heavy atom. The van der Waals surface area contributed by atoms with Crippen LogP contribution < -0.4 is 5.32 Å². The predicted molar refractivity (Wildman–Crippen MR) is 55.6 cm³/mol. The third-order valence-corrected chi connectivity index (χ3v) is 1.74. The summed E-state index contributed by atoms with van der Waals surface area (Å²) in [5, 5.41) is 6.29. The molecule has 0 aromatic carbocycles. The molecule has 78 valence electrons. The van der Waals surface area contributed by atoms with Crippen LogP contribution in [0.15, 0.2) is 23.4 Å². The molecule has 0 aliphatic rings. The maximum Gasteiger partial charge on any atom is 0.269 e. The SMILES string of the molecule is [N-]=[N+]=NCCNC(=O)c1ccc(Cl)cn1. The van der Waals surface area contributed by atoms with E-state index in [1.165, 1.54) is 12.3 Å². The van der Waals surface area contributed by atoms with Crippen molar-refractivity contribution in [3.8, 4) is 0 Å². The molecule has 7 heteroatoms. The summed E-state index contributed by atoms with van der Waals surface area (Å²) in [7, 11) is 0. The maximum absolute atomic E-state index is 11.4. The van der Waals surface area contributed by atoms with Crippen LogP contribution in [0.3, 0.4) is 0 Å². The molecule has 0 spiro atoms. The summed E-state index contributed by atoms with van der Waals surface area (Å²) < 4.78 is 0. The Morgan fingerprint density at radius 1 is 1.67 bits per heavy atom. The van der Waals surface area contributed by atoms with Gasteiger partial charge in [0.15, 0.2) is 0 Å². The number of halogens is 1. The van der Waals surface area contributed by atoms with Crippen LogP contribution in [-0.4, -0.2) is 24.0 Å². The zero-order valence-corrected chi connectivity index (χ0v) is 8.48. The molecule has 0 saturated carbocycles. The van der Waals surface area contributed by atoms with Crippen molar-refractivity contribution in [1.82, 2.24) is 10.3 Å². The van der Waals surface area contributed by atoms with E-state index in [0.717, 1.165) is 0 Å². The number of azide groups is 1. The van der Waals surface area contributed by atoms with Gasteiger partial charge in [-0.1, -0.05) is 16.7 Å². The third kappa shape index (κ3) is 3.84. The molecule has 0 unspecified atom stereocenters. The summed E-state index contributed by atoms with van der Waals surface area (Å²) in [6.45, 7) is 0.503. The first-order valence-electron chi connectivity index (χ1n) is 4.14. The van der Waals surface area contributed by atoms with Gasteiger partial charge in [-0.15, -0.1) is 0 Å². The summed E-state index contributed by atoms with van der Waals surface area (Å²) in [5.74, 6) is -0.320. The van der Waals surface area contributed by atoms with Gasteiger partial charge in [0.2, 0.25) is 0 Å². The quantitative estimate of drug-likeness (QED) is 0.366. The monoisotopic (exact) mass is 225 g/mol. The molecule has 0 bridgehead atoms. The van der Waals surface area contributed by atoms with Crippen LogP contribution in [0.5, 0.6) is 0 Å². The molecular weight excluding hydrogens is 218 g/mol. The number of amides is 1. The second-order valence-corrected chi connectivity index (χ2v) is 3.01. The van der Waals surface area contributed by atoms with Crippen LogP contribution >= 0.6 is 11.6 Å². The van der Waals surface area contributed by atoms with Gasteiger partial charge in [0.05, 0.1) is 5.02 Å². The van der Waals surface area contributed by atoms with Crippen LogP contribution in [0.2, 0.25) is 5.02 Å². The summed E-state index contributed by atoms with van der Waals surface area (Å²) in [6.07, 6.45) is 1.39. The van der Waals surface area contributed by atoms with E-state index in [0.29, 0.717) is 5.02 Å². The zero-order valence-electron chi connectivity index (χ0n) is 7.72. The van der Waals surface area contributed by atoms with E-state index in [9.17, 15) is 4.79 Å². The van der Waals surface area contributed by atoms with Gasteiger partial charge in [0, 0.05) is 24.2 Å². The first kappa shape index (κ1) is 11.3. The second-order valence-electron chi connectivity index (χ2n) is 2.57. The average molecular weight is 226 g/mol. The molecule has 15 heavy (non-hydrogen) atoms. The average Bonchev–Trinajstić information content (AvgIpc) is 2.25. The summed E-state index contributed by atoms with van der Waals surface area (Å²) in [5.41, 5.74) is 8.28. The maximum atomic E-state index is 11.4. The van der Waals surface area contributed by atoms with E-state index in [4.69, 9.17) is 17.1 Å². The standard InChI is InChI=1S/C8H8ClN5O/c9-6-1-2-7(12-5-6)8(15)11-3-4-13-14-10/h1-2,5H,3-4H2,(H,11,15). The van der Waals surface area contributed by atoms with Gasteiger partial charge in [-0.3, -0.25) is 4.79 Å². The van der Waals surface area contributed by atoms with Crippen molar-refractivity contribution in [3.63, 3.8) is 0 Å². The van der Waals surface area contributed by atoms with Gasteiger partial charge in [0.25, 0.3) is 5.91 Å². The summed E-state index contributed by atoms with van der Waals surface area (Å²) in [4.78, 5) is 17.8. The molecule has 0 aliphatic heterocycles. The third-order valence-electron chi connectivity index (χ3n) is 1.52. The van der Waals surface area contributed by atoms with Gasteiger partial charge in [-0.2, -0.15) is 0 Å². The highest BCUT2D eigenvalue weighted by Crippen LogP contribution is 2.05. The lowest BCUT2D eigenvalue weighted by molar-refractivity contribution is 0.0950. The highest BCUT2D eigenvalue weighted by molar-refractivity contribution is 6.30. The van der Waals surface area contributed by atoms with E-state index in [1.54, 1.807) is 6.07 Å². The number of hydrogen-bond acceptors (Lipinski definition) is 3. The van der Waals surface area contributed by atoms with Crippen molar-refractivity contribution in [2.75, 3.05) is 13.1 Å². The molecule has 1 heterocycles. The largest absolute Gasteiger partial charge is 0.351 e. The fraction of sp³-hybridized carbons (Fsp3) is 0.250. The van der Waals surface area contributed by atoms with E-state index in [1.807, 2.05) is 0 Å². The molecule has 1 N–H and O–H groups in total. The van der Waals surface area contributed by atoms with Crippen molar-refractivity contribution in [1.29, 1.82) is 0 Å². The highest BCUT2D eigenvalue weighted by atomic mass is 35.5. The van der Waals surface area contributed by atoms with Gasteiger partial charge in [0.1, 0.15) is 5.69 Å². The van der Waals surface area contributed by atoms with Crippen molar-refractivity contribution >= 4 is 17.5 Å². The van der Waals surface area contributed by atoms with Crippen molar-refractivity contribution in [3.05, 3.63) is 39.5 Å². The van der Waals surface area contributed by atoms with Gasteiger partial charge in [-0.05, 0) is 17.7 Å². The molecule has 0 atom stereocenters. The van der Waals surface area contributed by atoms with E-state index in [-0.39, 0.29) is 24.7 Å². The predicted octanol–water partition coefficient (Wildman–Crippen LogP) is 1.78. The van der Waals surface area contributed by atoms with Crippen LogP contribution in [0.4, 0.5) is 0 Å². The molecule has 6 nitrogen and oxygen atoms in total. The first-order valence-corrected chi connectivity index (χ1v) is 4.52. The number of nitrogens with one attached hydrogen (secondary N) is 1. The van der Waals surface area contributed by atoms with Crippen molar-refractivity contribution in [2.24, 2.45) is 5.11 Å². The smallest absolute Gasteiger partial charge is 0.269 e. The molecule has 1 aromatic rings. The molecule has 1 amide bonds. The lowest BCUT2D eigenvalue weighted by atomic mass is 10.3. The number of carbonyl (C=O) groups is 1. The Kier molecular flexibility index (Phi) is 4.40. The normalized spacial score (nSPS) is 9.13. The van der Waals surface area contributed by atoms with Crippen LogP contribution in [0.25, 0.3) is 10.4 Å². The van der Waals surface area contributed by atoms with E-state index >= 15 is 0 Å². The van der Waals surface area contributed by atoms with Crippen molar-refractivity contribution < 1.29 is 4.79 Å². The molecule has 0 aliphatic carbocycles. The fourth-order valence-corrected chi connectivity index (χ4v) is 0.977. The Balaban J connectivity index is 2.46.